The van der Waals surface area contributed by atoms with Crippen LogP contribution in [0.3, 0.4) is 0 Å². The van der Waals surface area contributed by atoms with Gasteiger partial charge in [-0.1, -0.05) is 38.1 Å². The molecule has 176 valence electrons. The predicted molar refractivity (Wildman–Crippen MR) is 126 cm³/mol. The van der Waals surface area contributed by atoms with E-state index >= 15 is 0 Å². The van der Waals surface area contributed by atoms with Crippen LogP contribution < -0.4 is 9.47 Å². The molecule has 0 aromatic heterocycles. The Morgan fingerprint density at radius 3 is 2.45 bits per heavy atom. The van der Waals surface area contributed by atoms with Crippen LogP contribution in [0.25, 0.3) is 0 Å². The summed E-state index contributed by atoms with van der Waals surface area (Å²) < 4.78 is 23.7. The molecular formula is C28H34O5. The summed E-state index contributed by atoms with van der Waals surface area (Å²) in [6, 6.07) is 13.1. The molecule has 2 aromatic rings. The van der Waals surface area contributed by atoms with Crippen molar-refractivity contribution >= 4 is 5.97 Å². The summed E-state index contributed by atoms with van der Waals surface area (Å²) in [4.78, 5) is 11.8. The van der Waals surface area contributed by atoms with Gasteiger partial charge in [-0.2, -0.15) is 0 Å². The molecule has 2 aliphatic heterocycles. The van der Waals surface area contributed by atoms with E-state index in [2.05, 4.69) is 51.1 Å². The van der Waals surface area contributed by atoms with Crippen molar-refractivity contribution in [3.8, 4) is 11.5 Å². The third kappa shape index (κ3) is 4.61. The van der Waals surface area contributed by atoms with Gasteiger partial charge in [-0.3, -0.25) is 4.79 Å². The van der Waals surface area contributed by atoms with Gasteiger partial charge in [-0.25, -0.2) is 0 Å². The van der Waals surface area contributed by atoms with Gasteiger partial charge in [-0.05, 0) is 66.5 Å². The summed E-state index contributed by atoms with van der Waals surface area (Å²) in [5.41, 5.74) is 5.17. The van der Waals surface area contributed by atoms with Gasteiger partial charge < -0.3 is 18.9 Å². The summed E-state index contributed by atoms with van der Waals surface area (Å²) >= 11 is 0. The number of hydrogen-bond acceptors (Lipinski definition) is 5. The number of hydrogen-bond donors (Lipinski definition) is 0. The molecule has 1 saturated carbocycles. The quantitative estimate of drug-likeness (QED) is 0.556. The first-order valence-corrected chi connectivity index (χ1v) is 12.2. The van der Waals surface area contributed by atoms with Crippen molar-refractivity contribution in [3.05, 3.63) is 58.7 Å². The van der Waals surface area contributed by atoms with E-state index in [4.69, 9.17) is 18.9 Å². The molecule has 5 heteroatoms. The Morgan fingerprint density at radius 2 is 1.73 bits per heavy atom. The van der Waals surface area contributed by atoms with Crippen LogP contribution in [-0.4, -0.2) is 31.4 Å². The minimum atomic E-state index is -0.227. The maximum Gasteiger partial charge on any atom is 0.302 e. The van der Waals surface area contributed by atoms with E-state index in [1.807, 2.05) is 6.07 Å². The van der Waals surface area contributed by atoms with Crippen LogP contribution in [-0.2, 0) is 20.7 Å². The Morgan fingerprint density at radius 1 is 0.970 bits per heavy atom. The van der Waals surface area contributed by atoms with E-state index in [0.717, 1.165) is 23.5 Å². The average Bonchev–Trinajstić information content (AvgIpc) is 3.64. The fourth-order valence-corrected chi connectivity index (χ4v) is 5.35. The highest BCUT2D eigenvalue weighted by atomic mass is 16.6. The van der Waals surface area contributed by atoms with E-state index < -0.39 is 0 Å². The molecule has 2 aromatic carbocycles. The van der Waals surface area contributed by atoms with Crippen molar-refractivity contribution in [1.82, 2.24) is 0 Å². The number of carbonyl (C=O) groups is 1. The molecule has 0 bridgehead atoms. The lowest BCUT2D eigenvalue weighted by Gasteiger charge is -2.43. The molecule has 1 unspecified atom stereocenters. The highest BCUT2D eigenvalue weighted by Gasteiger charge is 2.42. The van der Waals surface area contributed by atoms with Gasteiger partial charge in [0.2, 0.25) is 0 Å². The molecule has 2 heterocycles. The first-order valence-electron chi connectivity index (χ1n) is 12.2. The Hall–Kier alpha value is -2.53. The molecule has 0 radical (unpaired) electrons. The van der Waals surface area contributed by atoms with Gasteiger partial charge >= 0.3 is 5.97 Å². The second-order valence-electron chi connectivity index (χ2n) is 9.94. The smallest absolute Gasteiger partial charge is 0.302 e. The molecule has 1 aliphatic carbocycles. The normalized spacial score (nSPS) is 28.9. The van der Waals surface area contributed by atoms with Crippen molar-refractivity contribution in [2.45, 2.75) is 71.2 Å². The van der Waals surface area contributed by atoms with Crippen molar-refractivity contribution in [2.24, 2.45) is 11.8 Å². The molecule has 33 heavy (non-hydrogen) atoms. The zero-order valence-corrected chi connectivity index (χ0v) is 20.0. The summed E-state index contributed by atoms with van der Waals surface area (Å²) in [7, 11) is 0. The molecule has 3 aliphatic rings. The Labute approximate surface area is 196 Å². The monoisotopic (exact) mass is 450 g/mol. The van der Waals surface area contributed by atoms with E-state index in [1.165, 1.54) is 36.5 Å². The number of ether oxygens (including phenoxy) is 4. The first kappa shape index (κ1) is 22.3. The Bertz CT molecular complexity index is 1030. The van der Waals surface area contributed by atoms with E-state index in [0.29, 0.717) is 19.1 Å². The van der Waals surface area contributed by atoms with E-state index in [1.54, 1.807) is 0 Å². The first-order chi connectivity index (χ1) is 15.9. The highest BCUT2D eigenvalue weighted by molar-refractivity contribution is 5.66. The van der Waals surface area contributed by atoms with Crippen LogP contribution in [0.5, 0.6) is 11.5 Å². The summed E-state index contributed by atoms with van der Waals surface area (Å²) in [6.45, 7) is 9.00. The van der Waals surface area contributed by atoms with E-state index in [-0.39, 0.29) is 36.1 Å². The zero-order valence-electron chi connectivity index (χ0n) is 20.0. The van der Waals surface area contributed by atoms with Gasteiger partial charge in [0.25, 0.3) is 0 Å². The highest BCUT2D eigenvalue weighted by Crippen LogP contribution is 2.45. The number of benzene rings is 2. The molecule has 1 saturated heterocycles. The van der Waals surface area contributed by atoms with Crippen molar-refractivity contribution < 1.29 is 23.7 Å². The summed E-state index contributed by atoms with van der Waals surface area (Å²) in [5.74, 6) is 2.32. The molecular weight excluding hydrogens is 416 g/mol. The van der Waals surface area contributed by atoms with Crippen molar-refractivity contribution in [2.75, 3.05) is 13.2 Å². The fraction of sp³-hybridized carbons (Fsp3) is 0.536. The topological polar surface area (TPSA) is 54.0 Å². The second kappa shape index (κ2) is 9.02. The van der Waals surface area contributed by atoms with Gasteiger partial charge in [0.15, 0.2) is 11.5 Å². The molecule has 5 rings (SSSR count). The van der Waals surface area contributed by atoms with Crippen LogP contribution in [0.15, 0.2) is 36.4 Å². The molecule has 2 fully saturated rings. The van der Waals surface area contributed by atoms with Gasteiger partial charge in [0.1, 0.15) is 19.3 Å². The van der Waals surface area contributed by atoms with Crippen LogP contribution in [0.4, 0.5) is 0 Å². The number of esters is 1. The number of rotatable bonds is 5. The molecule has 5 nitrogen and oxygen atoms in total. The SMILES string of the molecule is CC(=O)O[C@@H]1[C@@H](C)[C@H](c2ccc(C3CC3)c(Cc3ccc4c(c3)OCCO4)c2)OC(C)[C@H]1C. The largest absolute Gasteiger partial charge is 0.486 e. The van der Waals surface area contributed by atoms with E-state index in [9.17, 15) is 4.79 Å². The fourth-order valence-electron chi connectivity index (χ4n) is 5.35. The van der Waals surface area contributed by atoms with Crippen LogP contribution >= 0.6 is 0 Å². The number of carbonyl (C=O) groups excluding carboxylic acids is 1. The Kier molecular flexibility index (Phi) is 6.09. The standard InChI is InChI=1S/C28H34O5/c1-16-18(3)32-28(17(2)27(16)33-19(4)29)22-8-9-24(21-6-7-21)23(15-22)13-20-5-10-25-26(14-20)31-12-11-30-25/h5,8-10,14-18,21,27-28H,6-7,11-13H2,1-4H3/t16-,17-,18?,27+,28-/m1/s1. The maximum atomic E-state index is 11.8. The van der Waals surface area contributed by atoms with Gasteiger partial charge in [-0.15, -0.1) is 0 Å². The van der Waals surface area contributed by atoms with Gasteiger partial charge in [0.05, 0.1) is 12.2 Å². The minimum absolute atomic E-state index is 0.0138. The van der Waals surface area contributed by atoms with Crippen LogP contribution in [0, 0.1) is 11.8 Å². The minimum Gasteiger partial charge on any atom is -0.486 e. The molecule has 0 spiro atoms. The van der Waals surface area contributed by atoms with Crippen LogP contribution in [0.2, 0.25) is 0 Å². The lowest BCUT2D eigenvalue weighted by Crippen LogP contribution is -2.46. The Balaban J connectivity index is 1.45. The summed E-state index contributed by atoms with van der Waals surface area (Å²) in [5, 5.41) is 0. The maximum absolute atomic E-state index is 11.8. The summed E-state index contributed by atoms with van der Waals surface area (Å²) in [6.07, 6.45) is 3.12. The van der Waals surface area contributed by atoms with Gasteiger partial charge in [0, 0.05) is 18.8 Å². The third-order valence-electron chi connectivity index (χ3n) is 7.43. The predicted octanol–water partition coefficient (Wildman–Crippen LogP) is 5.59. The molecule has 0 amide bonds. The zero-order chi connectivity index (χ0) is 23.1. The van der Waals surface area contributed by atoms with Crippen molar-refractivity contribution in [3.63, 3.8) is 0 Å². The average molecular weight is 451 g/mol. The number of fused-ring (bicyclic) bond motifs is 1. The third-order valence-corrected chi connectivity index (χ3v) is 7.43. The van der Waals surface area contributed by atoms with Crippen molar-refractivity contribution in [1.29, 1.82) is 0 Å². The lowest BCUT2D eigenvalue weighted by molar-refractivity contribution is -0.187. The lowest BCUT2D eigenvalue weighted by atomic mass is 9.80. The second-order valence-corrected chi connectivity index (χ2v) is 9.94. The molecule has 5 atom stereocenters. The van der Waals surface area contributed by atoms with Crippen LogP contribution in [0.1, 0.15) is 74.8 Å². The molecule has 0 N–H and O–H groups in total.